The van der Waals surface area contributed by atoms with Gasteiger partial charge in [0.25, 0.3) is 5.56 Å². The molecule has 0 fully saturated rings. The number of carbonyl (C=O) groups is 1. The summed E-state index contributed by atoms with van der Waals surface area (Å²) in [5.41, 5.74) is 1.73. The van der Waals surface area contributed by atoms with Crippen LogP contribution >= 0.6 is 15.9 Å². The Balaban J connectivity index is 2.00. The lowest BCUT2D eigenvalue weighted by Gasteiger charge is -2.15. The van der Waals surface area contributed by atoms with E-state index in [9.17, 15) is 18.0 Å². The smallest absolute Gasteiger partial charge is 0.270 e. The van der Waals surface area contributed by atoms with E-state index in [0.717, 1.165) is 10.0 Å². The van der Waals surface area contributed by atoms with E-state index in [1.807, 2.05) is 25.1 Å². The number of rotatable bonds is 5. The molecule has 1 amide bonds. The summed E-state index contributed by atoms with van der Waals surface area (Å²) in [6, 6.07) is 15.0. The van der Waals surface area contributed by atoms with E-state index in [4.69, 9.17) is 0 Å². The highest BCUT2D eigenvalue weighted by Crippen LogP contribution is 2.23. The molecule has 0 radical (unpaired) electrons. The van der Waals surface area contributed by atoms with Gasteiger partial charge in [0.2, 0.25) is 15.7 Å². The third-order valence-electron chi connectivity index (χ3n) is 4.64. The molecule has 0 saturated heterocycles. The van der Waals surface area contributed by atoms with Crippen LogP contribution in [0.25, 0.3) is 0 Å². The van der Waals surface area contributed by atoms with E-state index in [1.54, 1.807) is 38.1 Å². The zero-order chi connectivity index (χ0) is 22.1. The van der Waals surface area contributed by atoms with Gasteiger partial charge in [-0.2, -0.15) is 0 Å². The van der Waals surface area contributed by atoms with Crippen molar-refractivity contribution in [3.8, 4) is 0 Å². The van der Waals surface area contributed by atoms with Crippen molar-refractivity contribution in [3.05, 3.63) is 86.2 Å². The molecule has 1 aromatic heterocycles. The van der Waals surface area contributed by atoms with Crippen LogP contribution in [0, 0.1) is 20.8 Å². The summed E-state index contributed by atoms with van der Waals surface area (Å²) >= 11 is 3.27. The number of aryl methyl sites for hydroxylation is 3. The molecule has 1 N–H and O–H groups in total. The van der Waals surface area contributed by atoms with Gasteiger partial charge in [0.05, 0.1) is 4.90 Å². The third kappa shape index (κ3) is 4.55. The minimum Gasteiger partial charge on any atom is -0.325 e. The average molecular weight is 489 g/mol. The van der Waals surface area contributed by atoms with Gasteiger partial charge >= 0.3 is 0 Å². The topological polar surface area (TPSA) is 85.2 Å². The lowest BCUT2D eigenvalue weighted by molar-refractivity contribution is -0.116. The highest BCUT2D eigenvalue weighted by atomic mass is 79.9. The van der Waals surface area contributed by atoms with Gasteiger partial charge in [-0.3, -0.25) is 9.59 Å². The largest absolute Gasteiger partial charge is 0.325 e. The van der Waals surface area contributed by atoms with E-state index < -0.39 is 21.3 Å². The Morgan fingerprint density at radius 2 is 1.70 bits per heavy atom. The third-order valence-corrected chi connectivity index (χ3v) is 7.10. The van der Waals surface area contributed by atoms with Crippen molar-refractivity contribution in [3.63, 3.8) is 0 Å². The number of benzene rings is 2. The van der Waals surface area contributed by atoms with Crippen LogP contribution in [-0.4, -0.2) is 18.9 Å². The predicted molar refractivity (Wildman–Crippen MR) is 120 cm³/mol. The van der Waals surface area contributed by atoms with E-state index in [1.165, 1.54) is 16.7 Å². The SMILES string of the molecule is Cc1cccc(NC(=O)Cn2c(C)cc(C)c(S(=O)(=O)c3ccc(Br)cc3)c2=O)c1. The number of carbonyl (C=O) groups excluding carboxylic acids is 1. The van der Waals surface area contributed by atoms with Crippen LogP contribution in [0.4, 0.5) is 5.69 Å². The number of hydrogen-bond acceptors (Lipinski definition) is 4. The summed E-state index contributed by atoms with van der Waals surface area (Å²) in [5, 5.41) is 2.74. The number of hydrogen-bond donors (Lipinski definition) is 1. The van der Waals surface area contributed by atoms with Gasteiger partial charge in [0.15, 0.2) is 0 Å². The Bertz CT molecular complexity index is 1280. The minimum atomic E-state index is -4.04. The molecule has 3 aromatic rings. The van der Waals surface area contributed by atoms with E-state index in [0.29, 0.717) is 16.9 Å². The Hall–Kier alpha value is -2.71. The summed E-state index contributed by atoms with van der Waals surface area (Å²) in [4.78, 5) is 25.4. The molecule has 0 aliphatic rings. The molecule has 8 heteroatoms. The summed E-state index contributed by atoms with van der Waals surface area (Å²) in [6.07, 6.45) is 0. The molecule has 0 aliphatic heterocycles. The van der Waals surface area contributed by atoms with Gasteiger partial charge < -0.3 is 9.88 Å². The molecule has 0 bridgehead atoms. The van der Waals surface area contributed by atoms with Crippen LogP contribution < -0.4 is 10.9 Å². The van der Waals surface area contributed by atoms with Gasteiger partial charge in [-0.1, -0.05) is 28.1 Å². The first-order valence-electron chi connectivity index (χ1n) is 9.18. The maximum absolute atomic E-state index is 13.1. The first-order valence-corrected chi connectivity index (χ1v) is 11.5. The number of sulfone groups is 1. The van der Waals surface area contributed by atoms with Crippen molar-refractivity contribution in [2.45, 2.75) is 37.1 Å². The Morgan fingerprint density at radius 1 is 1.03 bits per heavy atom. The van der Waals surface area contributed by atoms with E-state index in [-0.39, 0.29) is 16.3 Å². The fourth-order valence-electron chi connectivity index (χ4n) is 3.23. The molecule has 30 heavy (non-hydrogen) atoms. The molecule has 2 aromatic carbocycles. The molecule has 0 unspecified atom stereocenters. The Labute approximate surface area is 183 Å². The second-order valence-electron chi connectivity index (χ2n) is 7.06. The number of halogens is 1. The number of anilines is 1. The number of aromatic nitrogens is 1. The molecule has 156 valence electrons. The van der Waals surface area contributed by atoms with Gasteiger partial charge in [-0.05, 0) is 74.4 Å². The van der Waals surface area contributed by atoms with E-state index >= 15 is 0 Å². The molecular formula is C22H21BrN2O4S. The lowest BCUT2D eigenvalue weighted by Crippen LogP contribution is -2.33. The van der Waals surface area contributed by atoms with Gasteiger partial charge in [-0.25, -0.2) is 8.42 Å². The standard InChI is InChI=1S/C22H21BrN2O4S/c1-14-5-4-6-18(11-14)24-20(26)13-25-16(3)12-15(2)21(22(25)27)30(28,29)19-9-7-17(23)8-10-19/h4-12H,13H2,1-3H3,(H,24,26). The summed E-state index contributed by atoms with van der Waals surface area (Å²) in [7, 11) is -4.04. The normalized spacial score (nSPS) is 11.3. The fourth-order valence-corrected chi connectivity index (χ4v) is 5.05. The van der Waals surface area contributed by atoms with Crippen LogP contribution in [-0.2, 0) is 21.2 Å². The highest BCUT2D eigenvalue weighted by Gasteiger charge is 2.26. The highest BCUT2D eigenvalue weighted by molar-refractivity contribution is 9.10. The molecule has 1 heterocycles. The molecule has 0 saturated carbocycles. The molecular weight excluding hydrogens is 468 g/mol. The molecule has 0 atom stereocenters. The van der Waals surface area contributed by atoms with Crippen LogP contribution in [0.5, 0.6) is 0 Å². The summed E-state index contributed by atoms with van der Waals surface area (Å²) < 4.78 is 28.2. The number of amides is 1. The molecule has 0 spiro atoms. The summed E-state index contributed by atoms with van der Waals surface area (Å²) in [6.45, 7) is 4.87. The van der Waals surface area contributed by atoms with Crippen molar-refractivity contribution in [1.29, 1.82) is 0 Å². The van der Waals surface area contributed by atoms with Crippen molar-refractivity contribution in [2.75, 3.05) is 5.32 Å². The van der Waals surface area contributed by atoms with Crippen molar-refractivity contribution >= 4 is 37.4 Å². The monoisotopic (exact) mass is 488 g/mol. The van der Waals surface area contributed by atoms with Crippen molar-refractivity contribution in [1.82, 2.24) is 4.57 Å². The maximum atomic E-state index is 13.1. The number of pyridine rings is 1. The first kappa shape index (κ1) is 22.0. The van der Waals surface area contributed by atoms with Gasteiger partial charge in [0, 0.05) is 15.9 Å². The van der Waals surface area contributed by atoms with Crippen molar-refractivity contribution in [2.24, 2.45) is 0 Å². The van der Waals surface area contributed by atoms with Crippen LogP contribution in [0.1, 0.15) is 16.8 Å². The molecule has 6 nitrogen and oxygen atoms in total. The van der Waals surface area contributed by atoms with Crippen molar-refractivity contribution < 1.29 is 13.2 Å². The average Bonchev–Trinajstić information content (AvgIpc) is 2.65. The zero-order valence-electron chi connectivity index (χ0n) is 16.8. The number of nitrogens with one attached hydrogen (secondary N) is 1. The summed E-state index contributed by atoms with van der Waals surface area (Å²) in [5.74, 6) is -0.415. The first-order chi connectivity index (χ1) is 14.1. The second kappa shape index (κ2) is 8.57. The van der Waals surface area contributed by atoms with Crippen LogP contribution in [0.15, 0.2) is 73.7 Å². The zero-order valence-corrected chi connectivity index (χ0v) is 19.2. The second-order valence-corrected chi connectivity index (χ2v) is 9.87. The quantitative estimate of drug-likeness (QED) is 0.587. The van der Waals surface area contributed by atoms with Crippen LogP contribution in [0.2, 0.25) is 0 Å². The lowest BCUT2D eigenvalue weighted by atomic mass is 10.2. The molecule has 3 rings (SSSR count). The Morgan fingerprint density at radius 3 is 2.33 bits per heavy atom. The van der Waals surface area contributed by atoms with E-state index in [2.05, 4.69) is 21.2 Å². The van der Waals surface area contributed by atoms with Gasteiger partial charge in [0.1, 0.15) is 11.4 Å². The fraction of sp³-hybridized carbons (Fsp3) is 0.182. The number of nitrogens with zero attached hydrogens (tertiary/aromatic N) is 1. The molecule has 0 aliphatic carbocycles. The van der Waals surface area contributed by atoms with Crippen LogP contribution in [0.3, 0.4) is 0 Å². The predicted octanol–water partition coefficient (Wildman–Crippen LogP) is 4.01. The Kier molecular flexibility index (Phi) is 6.28. The van der Waals surface area contributed by atoms with Gasteiger partial charge in [-0.15, -0.1) is 0 Å². The maximum Gasteiger partial charge on any atom is 0.270 e. The minimum absolute atomic E-state index is 0.0190.